The van der Waals surface area contributed by atoms with E-state index in [9.17, 15) is 4.79 Å². The molecule has 136 valence electrons. The van der Waals surface area contributed by atoms with Gasteiger partial charge in [0.15, 0.2) is 0 Å². The highest BCUT2D eigenvalue weighted by molar-refractivity contribution is 8.00. The van der Waals surface area contributed by atoms with Crippen LogP contribution in [0.1, 0.15) is 62.0 Å². The van der Waals surface area contributed by atoms with E-state index in [0.29, 0.717) is 23.6 Å². The lowest BCUT2D eigenvalue weighted by molar-refractivity contribution is -0.121. The molecule has 0 spiro atoms. The minimum atomic E-state index is -0.252. The average molecular weight is 381 g/mol. The summed E-state index contributed by atoms with van der Waals surface area (Å²) in [5.74, 6) is 0.580. The molecule has 3 rings (SSSR count). The summed E-state index contributed by atoms with van der Waals surface area (Å²) in [6, 6.07) is 0.309. The van der Waals surface area contributed by atoms with Gasteiger partial charge < -0.3 is 9.73 Å². The Morgan fingerprint density at radius 2 is 2.12 bits per heavy atom. The van der Waals surface area contributed by atoms with Gasteiger partial charge in [-0.25, -0.2) is 4.98 Å². The van der Waals surface area contributed by atoms with Crippen LogP contribution in [0.3, 0.4) is 0 Å². The first-order chi connectivity index (χ1) is 12.1. The fraction of sp³-hybridized carbons (Fsp3) is 0.647. The van der Waals surface area contributed by atoms with E-state index in [1.807, 2.05) is 19.2 Å². The van der Waals surface area contributed by atoms with Crippen LogP contribution >= 0.6 is 23.1 Å². The number of nitrogens with one attached hydrogen (secondary N) is 1. The van der Waals surface area contributed by atoms with Crippen molar-refractivity contribution in [2.75, 3.05) is 0 Å². The van der Waals surface area contributed by atoms with Crippen LogP contribution in [0.25, 0.3) is 0 Å². The van der Waals surface area contributed by atoms with Crippen LogP contribution in [0.5, 0.6) is 0 Å². The van der Waals surface area contributed by atoms with Gasteiger partial charge in [-0.1, -0.05) is 37.4 Å². The van der Waals surface area contributed by atoms with Gasteiger partial charge in [0.1, 0.15) is 0 Å². The number of carbonyl (C=O) groups excluding carboxylic acids is 1. The number of amides is 1. The molecule has 0 bridgehead atoms. The molecule has 1 amide bonds. The monoisotopic (exact) mass is 380 g/mol. The van der Waals surface area contributed by atoms with Crippen LogP contribution in [0, 0.1) is 6.92 Å². The summed E-state index contributed by atoms with van der Waals surface area (Å²) in [6.07, 6.45) is 7.66. The molecule has 0 aliphatic heterocycles. The fourth-order valence-electron chi connectivity index (χ4n) is 2.95. The Balaban J connectivity index is 1.50. The molecule has 8 heteroatoms. The Hall–Kier alpha value is -1.41. The van der Waals surface area contributed by atoms with Crippen molar-refractivity contribution in [1.29, 1.82) is 0 Å². The van der Waals surface area contributed by atoms with Gasteiger partial charge >= 0.3 is 0 Å². The molecule has 1 aliphatic carbocycles. The van der Waals surface area contributed by atoms with Gasteiger partial charge in [-0.15, -0.1) is 21.5 Å². The maximum absolute atomic E-state index is 12.4. The second kappa shape index (κ2) is 8.80. The van der Waals surface area contributed by atoms with Crippen LogP contribution in [0.2, 0.25) is 0 Å². The van der Waals surface area contributed by atoms with Crippen molar-refractivity contribution in [2.24, 2.45) is 0 Å². The van der Waals surface area contributed by atoms with Crippen LogP contribution in [-0.4, -0.2) is 32.4 Å². The van der Waals surface area contributed by atoms with Crippen LogP contribution in [0.4, 0.5) is 0 Å². The molecule has 0 unspecified atom stereocenters. The van der Waals surface area contributed by atoms with Crippen LogP contribution < -0.4 is 5.32 Å². The van der Waals surface area contributed by atoms with Crippen molar-refractivity contribution >= 4 is 29.0 Å². The van der Waals surface area contributed by atoms with Gasteiger partial charge in [-0.05, 0) is 26.7 Å². The molecule has 1 atom stereocenters. The molecule has 0 aromatic carbocycles. The molecule has 6 nitrogen and oxygen atoms in total. The van der Waals surface area contributed by atoms with Gasteiger partial charge in [0.2, 0.25) is 11.8 Å². The largest absolute Gasteiger partial charge is 0.416 e. The Morgan fingerprint density at radius 3 is 2.80 bits per heavy atom. The van der Waals surface area contributed by atoms with Crippen LogP contribution in [0.15, 0.2) is 15.0 Å². The lowest BCUT2D eigenvalue weighted by atomic mass is 10.1. The lowest BCUT2D eigenvalue weighted by Crippen LogP contribution is -2.39. The number of hydrogen-bond acceptors (Lipinski definition) is 7. The summed E-state index contributed by atoms with van der Waals surface area (Å²) in [7, 11) is 0. The average Bonchev–Trinajstić information content (AvgIpc) is 3.10. The Labute approximate surface area is 156 Å². The Bertz CT molecular complexity index is 692. The van der Waals surface area contributed by atoms with Gasteiger partial charge in [0.05, 0.1) is 22.4 Å². The molecule has 0 radical (unpaired) electrons. The maximum atomic E-state index is 12.4. The van der Waals surface area contributed by atoms with Gasteiger partial charge in [-0.3, -0.25) is 4.79 Å². The van der Waals surface area contributed by atoms with E-state index >= 15 is 0 Å². The fourth-order valence-corrected chi connectivity index (χ4v) is 4.27. The zero-order chi connectivity index (χ0) is 17.6. The van der Waals surface area contributed by atoms with Crippen molar-refractivity contribution in [2.45, 2.75) is 75.3 Å². The topological polar surface area (TPSA) is 80.9 Å². The third kappa shape index (κ3) is 5.54. The first-order valence-electron chi connectivity index (χ1n) is 8.80. The second-order valence-electron chi connectivity index (χ2n) is 6.45. The summed E-state index contributed by atoms with van der Waals surface area (Å²) >= 11 is 2.92. The molecule has 2 heterocycles. The number of thioether (sulfide) groups is 1. The van der Waals surface area contributed by atoms with Gasteiger partial charge in [0, 0.05) is 11.4 Å². The number of rotatable bonds is 6. The van der Waals surface area contributed by atoms with Crippen LogP contribution in [-0.2, 0) is 11.2 Å². The number of aromatic nitrogens is 3. The van der Waals surface area contributed by atoms with E-state index in [0.717, 1.165) is 23.5 Å². The zero-order valence-electron chi connectivity index (χ0n) is 14.7. The summed E-state index contributed by atoms with van der Waals surface area (Å²) in [5.41, 5.74) is 0.932. The third-order valence-electron chi connectivity index (χ3n) is 4.30. The number of hydrogen-bond donors (Lipinski definition) is 1. The first kappa shape index (κ1) is 18.4. The molecule has 1 saturated carbocycles. The third-order valence-corrected chi connectivity index (χ3v) is 6.05. The van der Waals surface area contributed by atoms with Gasteiger partial charge in [0.25, 0.3) is 5.22 Å². The molecule has 1 N–H and O–H groups in total. The van der Waals surface area contributed by atoms with E-state index in [2.05, 4.69) is 20.5 Å². The van der Waals surface area contributed by atoms with E-state index in [4.69, 9.17) is 4.42 Å². The summed E-state index contributed by atoms with van der Waals surface area (Å²) in [5, 5.41) is 14.5. The summed E-state index contributed by atoms with van der Waals surface area (Å²) in [6.45, 7) is 3.85. The Morgan fingerprint density at radius 1 is 1.36 bits per heavy atom. The molecule has 25 heavy (non-hydrogen) atoms. The molecular weight excluding hydrogens is 356 g/mol. The quantitative estimate of drug-likeness (QED) is 0.607. The van der Waals surface area contributed by atoms with E-state index in [1.165, 1.54) is 37.4 Å². The van der Waals surface area contributed by atoms with Crippen molar-refractivity contribution in [3.8, 4) is 0 Å². The van der Waals surface area contributed by atoms with E-state index < -0.39 is 0 Å². The first-order valence-corrected chi connectivity index (χ1v) is 10.6. The number of thiazole rings is 1. The number of aryl methyl sites for hydroxylation is 1. The molecule has 2 aromatic rings. The maximum Gasteiger partial charge on any atom is 0.277 e. The highest BCUT2D eigenvalue weighted by Crippen LogP contribution is 2.24. The molecule has 1 fully saturated rings. The molecule has 2 aromatic heterocycles. The number of carbonyl (C=O) groups is 1. The molecule has 1 aliphatic rings. The highest BCUT2D eigenvalue weighted by atomic mass is 32.2. The van der Waals surface area contributed by atoms with Crippen molar-refractivity contribution < 1.29 is 9.21 Å². The van der Waals surface area contributed by atoms with E-state index in [-0.39, 0.29) is 11.2 Å². The predicted molar refractivity (Wildman–Crippen MR) is 98.9 cm³/mol. The zero-order valence-corrected chi connectivity index (χ0v) is 16.3. The van der Waals surface area contributed by atoms with Crippen molar-refractivity contribution in [3.05, 3.63) is 22.0 Å². The normalized spacial score (nSPS) is 17.2. The van der Waals surface area contributed by atoms with Crippen molar-refractivity contribution in [1.82, 2.24) is 20.5 Å². The SMILES string of the molecule is Cc1nc(Cc2nnc(S[C@H](C)C(=O)NC3CCCCCC3)o2)cs1. The summed E-state index contributed by atoms with van der Waals surface area (Å²) in [4.78, 5) is 16.8. The highest BCUT2D eigenvalue weighted by Gasteiger charge is 2.22. The minimum absolute atomic E-state index is 0.0479. The second-order valence-corrected chi connectivity index (χ2v) is 8.81. The lowest BCUT2D eigenvalue weighted by Gasteiger charge is -2.18. The smallest absolute Gasteiger partial charge is 0.277 e. The van der Waals surface area contributed by atoms with E-state index in [1.54, 1.807) is 11.3 Å². The summed E-state index contributed by atoms with van der Waals surface area (Å²) < 4.78 is 5.65. The van der Waals surface area contributed by atoms with Gasteiger partial charge in [-0.2, -0.15) is 0 Å². The van der Waals surface area contributed by atoms with Crippen molar-refractivity contribution in [3.63, 3.8) is 0 Å². The Kier molecular flexibility index (Phi) is 6.47. The minimum Gasteiger partial charge on any atom is -0.416 e. The number of nitrogens with zero attached hydrogens (tertiary/aromatic N) is 3. The predicted octanol–water partition coefficient (Wildman–Crippen LogP) is 3.74. The molecular formula is C17H24N4O2S2. The molecule has 0 saturated heterocycles. The standard InChI is InChI=1S/C17H24N4O2S2/c1-11(16(22)19-13-7-5-3-4-6-8-13)25-17-21-20-15(23-17)9-14-10-24-12(2)18-14/h10-11,13H,3-9H2,1-2H3,(H,19,22)/t11-/m1/s1.